The molecule has 0 aromatic heterocycles. The fraction of sp³-hybridized carbons (Fsp3) is 0.400. The van der Waals surface area contributed by atoms with Crippen molar-refractivity contribution in [3.63, 3.8) is 0 Å². The minimum atomic E-state index is -1.03. The topological polar surface area (TPSA) is 104 Å². The van der Waals surface area contributed by atoms with E-state index in [0.29, 0.717) is 11.5 Å². The number of rotatable bonds is 4. The normalized spacial score (nSPS) is 15.7. The number of carbonyl (C=O) groups is 2. The van der Waals surface area contributed by atoms with Crippen molar-refractivity contribution < 1.29 is 14.8 Å². The van der Waals surface area contributed by atoms with Gasteiger partial charge in [0.2, 0.25) is 0 Å². The van der Waals surface area contributed by atoms with Gasteiger partial charge in [0.15, 0.2) is 0 Å². The van der Waals surface area contributed by atoms with E-state index in [1.165, 1.54) is 18.3 Å². The third kappa shape index (κ3) is 5.63. The van der Waals surface area contributed by atoms with Crippen LogP contribution >= 0.6 is 0 Å². The predicted molar refractivity (Wildman–Crippen MR) is 97.9 cm³/mol. The number of amides is 2. The number of hydrogen-bond donors (Lipinski definition) is 4. The first-order chi connectivity index (χ1) is 12.5. The lowest BCUT2D eigenvalue weighted by molar-refractivity contribution is -0.131. The summed E-state index contributed by atoms with van der Waals surface area (Å²) in [7, 11) is 0. The summed E-state index contributed by atoms with van der Waals surface area (Å²) in [6.07, 6.45) is 4.82. The Balaban J connectivity index is 1.97. The second-order valence-electron chi connectivity index (χ2n) is 6.36. The second-order valence-corrected chi connectivity index (χ2v) is 6.36. The summed E-state index contributed by atoms with van der Waals surface area (Å²) in [6.45, 7) is 1.56. The molecule has 136 valence electrons. The van der Waals surface area contributed by atoms with Gasteiger partial charge >= 0.3 is 0 Å². The van der Waals surface area contributed by atoms with Crippen LogP contribution < -0.4 is 16.5 Å². The van der Waals surface area contributed by atoms with Gasteiger partial charge in [0.1, 0.15) is 6.04 Å². The summed E-state index contributed by atoms with van der Waals surface area (Å²) in [6, 6.07) is 4.96. The van der Waals surface area contributed by atoms with Crippen molar-refractivity contribution in [2.45, 2.75) is 44.7 Å². The molecule has 1 aromatic carbocycles. The average Bonchev–Trinajstić information content (AvgIpc) is 3.16. The molecule has 1 aliphatic rings. The first kappa shape index (κ1) is 19.5. The Hall–Kier alpha value is -2.80. The van der Waals surface area contributed by atoms with Gasteiger partial charge in [-0.3, -0.25) is 14.8 Å². The lowest BCUT2D eigenvalue weighted by Gasteiger charge is -2.19. The lowest BCUT2D eigenvalue weighted by Crippen LogP contribution is -2.54. The summed E-state index contributed by atoms with van der Waals surface area (Å²) in [4.78, 5) is 23.7. The fourth-order valence-electron chi connectivity index (χ4n) is 2.75. The molecule has 6 nitrogen and oxygen atoms in total. The maximum absolute atomic E-state index is 12.2. The monoisotopic (exact) mass is 353 g/mol. The Labute approximate surface area is 153 Å². The van der Waals surface area contributed by atoms with Gasteiger partial charge in [0.25, 0.3) is 11.8 Å². The van der Waals surface area contributed by atoms with E-state index in [9.17, 15) is 9.59 Å². The zero-order valence-corrected chi connectivity index (χ0v) is 14.7. The summed E-state index contributed by atoms with van der Waals surface area (Å²) in [5, 5.41) is 11.2. The molecule has 1 saturated carbocycles. The van der Waals surface area contributed by atoms with Gasteiger partial charge in [-0.25, -0.2) is 5.48 Å². The number of nitrogens with one attached hydrogen (secondary N) is 2. The number of hydroxylamine groups is 1. The van der Waals surface area contributed by atoms with E-state index in [2.05, 4.69) is 29.0 Å². The van der Waals surface area contributed by atoms with Crippen LogP contribution in [-0.2, 0) is 4.79 Å². The first-order valence-corrected chi connectivity index (χ1v) is 8.63. The molecule has 0 bridgehead atoms. The van der Waals surface area contributed by atoms with Crippen LogP contribution in [0.3, 0.4) is 0 Å². The summed E-state index contributed by atoms with van der Waals surface area (Å²) in [5.74, 6) is 11.1. The smallest absolute Gasteiger partial charge is 0.267 e. The van der Waals surface area contributed by atoms with Crippen molar-refractivity contribution in [1.29, 1.82) is 0 Å². The zero-order chi connectivity index (χ0) is 18.9. The molecule has 0 spiro atoms. The number of nitrogens with two attached hydrogens (primary N) is 1. The highest BCUT2D eigenvalue weighted by molar-refractivity contribution is 5.97. The van der Waals surface area contributed by atoms with Crippen molar-refractivity contribution in [3.05, 3.63) is 35.4 Å². The summed E-state index contributed by atoms with van der Waals surface area (Å²) < 4.78 is 0. The van der Waals surface area contributed by atoms with E-state index in [4.69, 9.17) is 10.9 Å². The summed E-state index contributed by atoms with van der Waals surface area (Å²) >= 11 is 0. The fourth-order valence-corrected chi connectivity index (χ4v) is 2.75. The highest BCUT2D eigenvalue weighted by Crippen LogP contribution is 2.23. The highest BCUT2D eigenvalue weighted by Gasteiger charge is 2.24. The van der Waals surface area contributed by atoms with Crippen LogP contribution in [0.1, 0.15) is 48.5 Å². The molecule has 6 heteroatoms. The molecule has 0 heterocycles. The molecule has 2 rings (SSSR count). The van der Waals surface area contributed by atoms with E-state index in [0.717, 1.165) is 18.4 Å². The van der Waals surface area contributed by atoms with E-state index in [1.54, 1.807) is 31.2 Å². The van der Waals surface area contributed by atoms with Crippen LogP contribution in [0.15, 0.2) is 24.3 Å². The SMILES string of the molecule is C[C@@H](N)[C@H](NC(=O)c1ccc(C#CC#CC2CCCC2)cc1)C(=O)NO. The van der Waals surface area contributed by atoms with Gasteiger partial charge in [-0.1, -0.05) is 24.7 Å². The van der Waals surface area contributed by atoms with Crippen LogP contribution in [0.4, 0.5) is 0 Å². The van der Waals surface area contributed by atoms with Gasteiger partial charge in [0.05, 0.1) is 0 Å². The molecule has 0 unspecified atom stereocenters. The quantitative estimate of drug-likeness (QED) is 0.371. The van der Waals surface area contributed by atoms with E-state index in [-0.39, 0.29) is 0 Å². The van der Waals surface area contributed by atoms with Crippen LogP contribution in [0.2, 0.25) is 0 Å². The Morgan fingerprint density at radius 3 is 2.42 bits per heavy atom. The van der Waals surface area contributed by atoms with E-state index in [1.807, 2.05) is 0 Å². The number of benzene rings is 1. The molecule has 0 aliphatic heterocycles. The predicted octanol–water partition coefficient (Wildman–Crippen LogP) is 1.18. The van der Waals surface area contributed by atoms with Crippen LogP contribution in [0, 0.1) is 29.6 Å². The summed E-state index contributed by atoms with van der Waals surface area (Å²) in [5.41, 5.74) is 8.27. The van der Waals surface area contributed by atoms with Gasteiger partial charge in [-0.05, 0) is 55.9 Å². The maximum atomic E-state index is 12.2. The molecule has 2 atom stereocenters. The van der Waals surface area contributed by atoms with Crippen LogP contribution in [0.25, 0.3) is 0 Å². The molecule has 1 fully saturated rings. The van der Waals surface area contributed by atoms with Gasteiger partial charge < -0.3 is 11.1 Å². The number of hydrogen-bond acceptors (Lipinski definition) is 4. The highest BCUT2D eigenvalue weighted by atomic mass is 16.5. The van der Waals surface area contributed by atoms with Crippen LogP contribution in [0.5, 0.6) is 0 Å². The third-order valence-electron chi connectivity index (χ3n) is 4.25. The van der Waals surface area contributed by atoms with E-state index >= 15 is 0 Å². The average molecular weight is 353 g/mol. The largest absolute Gasteiger partial charge is 0.339 e. The van der Waals surface area contributed by atoms with Gasteiger partial charge in [-0.2, -0.15) is 0 Å². The first-order valence-electron chi connectivity index (χ1n) is 8.63. The lowest BCUT2D eigenvalue weighted by atomic mass is 10.1. The number of carbonyl (C=O) groups excluding carboxylic acids is 2. The van der Waals surface area contributed by atoms with Crippen molar-refractivity contribution in [2.24, 2.45) is 11.7 Å². The Morgan fingerprint density at radius 2 is 1.85 bits per heavy atom. The van der Waals surface area contributed by atoms with E-state index < -0.39 is 23.9 Å². The molecular weight excluding hydrogens is 330 g/mol. The maximum Gasteiger partial charge on any atom is 0.267 e. The molecule has 1 aromatic rings. The molecule has 0 saturated heterocycles. The van der Waals surface area contributed by atoms with Gasteiger partial charge in [-0.15, -0.1) is 0 Å². The zero-order valence-electron chi connectivity index (χ0n) is 14.7. The Kier molecular flexibility index (Phi) is 7.23. The molecule has 5 N–H and O–H groups in total. The third-order valence-corrected chi connectivity index (χ3v) is 4.25. The van der Waals surface area contributed by atoms with Crippen molar-refractivity contribution >= 4 is 11.8 Å². The van der Waals surface area contributed by atoms with Crippen LogP contribution in [-0.4, -0.2) is 29.1 Å². The minimum Gasteiger partial charge on any atom is -0.339 e. The molecule has 0 radical (unpaired) electrons. The Bertz CT molecular complexity index is 757. The van der Waals surface area contributed by atoms with Gasteiger partial charge in [0, 0.05) is 23.1 Å². The second kappa shape index (κ2) is 9.62. The minimum absolute atomic E-state index is 0.365. The molecule has 2 amide bonds. The molecular formula is C20H23N3O3. The van der Waals surface area contributed by atoms with Crippen molar-refractivity contribution in [3.8, 4) is 23.7 Å². The molecule has 1 aliphatic carbocycles. The molecule has 26 heavy (non-hydrogen) atoms. The Morgan fingerprint density at radius 1 is 1.19 bits per heavy atom. The van der Waals surface area contributed by atoms with Crippen molar-refractivity contribution in [1.82, 2.24) is 10.8 Å². The van der Waals surface area contributed by atoms with Crippen molar-refractivity contribution in [2.75, 3.05) is 0 Å². The standard InChI is InChI=1S/C20H23N3O3/c1-14(21)18(20(25)23-26)22-19(24)17-12-10-16(11-13-17)9-5-4-8-15-6-2-3-7-15/h10-15,18,26H,2-3,6-7,21H2,1H3,(H,22,24)(H,23,25)/t14-,18+/m1/s1.